The van der Waals surface area contributed by atoms with Gasteiger partial charge in [0.15, 0.2) is 23.5 Å². The smallest absolute Gasteiger partial charge is 0.193 e. The number of hydrogen-bond donors (Lipinski definition) is 1. The van der Waals surface area contributed by atoms with Gasteiger partial charge in [-0.05, 0) is 63.0 Å². The number of hydrogen-bond acceptors (Lipinski definition) is 5. The fourth-order valence-corrected chi connectivity index (χ4v) is 7.33. The van der Waals surface area contributed by atoms with Gasteiger partial charge in [0, 0.05) is 10.8 Å². The molecule has 1 N–H and O–H groups in total. The number of rotatable bonds is 4. The molecular weight excluding hydrogens is 380 g/mol. The third-order valence-corrected chi connectivity index (χ3v) is 8.82. The topological polar surface area (TPSA) is 72.8 Å². The maximum absolute atomic E-state index is 13.2. The summed E-state index contributed by atoms with van der Waals surface area (Å²) in [6, 6.07) is 0. The van der Waals surface area contributed by atoms with E-state index in [-0.39, 0.29) is 35.3 Å². The third kappa shape index (κ3) is 2.40. The van der Waals surface area contributed by atoms with E-state index in [0.717, 1.165) is 38.5 Å². The average molecular weight is 413 g/mol. The van der Waals surface area contributed by atoms with Crippen molar-refractivity contribution in [3.63, 3.8) is 0 Å². The van der Waals surface area contributed by atoms with E-state index < -0.39 is 17.6 Å². The fraction of sp³-hybridized carbons (Fsp3) is 0.680. The minimum Gasteiger partial charge on any atom is -0.388 e. The second-order valence-corrected chi connectivity index (χ2v) is 10.2. The van der Waals surface area contributed by atoms with Gasteiger partial charge in [0.05, 0.1) is 6.10 Å². The van der Waals surface area contributed by atoms with E-state index in [4.69, 9.17) is 9.47 Å². The molecule has 5 rings (SSSR count). The van der Waals surface area contributed by atoms with Crippen molar-refractivity contribution in [1.29, 1.82) is 0 Å². The zero-order valence-corrected chi connectivity index (χ0v) is 18.1. The molecule has 1 saturated heterocycles. The number of aliphatic hydroxyl groups excluding tert-OH is 1. The summed E-state index contributed by atoms with van der Waals surface area (Å²) in [6.45, 7) is 5.96. The molecule has 0 amide bonds. The van der Waals surface area contributed by atoms with Crippen LogP contribution in [-0.2, 0) is 19.1 Å². The summed E-state index contributed by atoms with van der Waals surface area (Å²) < 4.78 is 12.7. The van der Waals surface area contributed by atoms with Crippen LogP contribution in [0.15, 0.2) is 35.5 Å². The van der Waals surface area contributed by atoms with E-state index in [1.54, 1.807) is 6.08 Å². The minimum atomic E-state index is -1.07. The molecule has 0 spiro atoms. The van der Waals surface area contributed by atoms with E-state index >= 15 is 0 Å². The molecule has 0 radical (unpaired) electrons. The van der Waals surface area contributed by atoms with Gasteiger partial charge in [0.1, 0.15) is 6.61 Å². The summed E-state index contributed by atoms with van der Waals surface area (Å²) in [4.78, 5) is 25.1. The monoisotopic (exact) mass is 412 g/mol. The lowest BCUT2D eigenvalue weighted by atomic mass is 9.51. The van der Waals surface area contributed by atoms with E-state index in [0.29, 0.717) is 5.92 Å². The third-order valence-electron chi connectivity index (χ3n) is 8.82. The molecule has 0 unspecified atom stereocenters. The summed E-state index contributed by atoms with van der Waals surface area (Å²) in [5.74, 6) is 0.423. The van der Waals surface area contributed by atoms with Gasteiger partial charge in [-0.15, -0.1) is 0 Å². The summed E-state index contributed by atoms with van der Waals surface area (Å²) in [7, 11) is 0. The number of Topliss-reactive ketones (excluding diaryl/α,β-unsaturated/α-hetero) is 1. The van der Waals surface area contributed by atoms with Crippen molar-refractivity contribution >= 4 is 11.6 Å². The Kier molecular flexibility index (Phi) is 4.56. The number of allylic oxidation sites excluding steroid dienone is 6. The normalized spacial score (nSPS) is 46.5. The Bertz CT molecular complexity index is 884. The quantitative estimate of drug-likeness (QED) is 0.714. The van der Waals surface area contributed by atoms with E-state index in [2.05, 4.69) is 32.9 Å². The minimum absolute atomic E-state index is 0.0776. The lowest BCUT2D eigenvalue weighted by Gasteiger charge is -2.53. The number of ketones is 2. The van der Waals surface area contributed by atoms with Gasteiger partial charge in [0.2, 0.25) is 0 Å². The number of carbonyl (C=O) groups is 2. The van der Waals surface area contributed by atoms with E-state index in [9.17, 15) is 14.7 Å². The fourth-order valence-electron chi connectivity index (χ4n) is 7.33. The van der Waals surface area contributed by atoms with Gasteiger partial charge in [-0.3, -0.25) is 9.59 Å². The number of aliphatic hydroxyl groups is 1. The maximum Gasteiger partial charge on any atom is 0.193 e. The summed E-state index contributed by atoms with van der Waals surface area (Å²) in [5, 5.41) is 9.86. The van der Waals surface area contributed by atoms with E-state index in [1.807, 2.05) is 6.08 Å². The Morgan fingerprint density at radius 2 is 2.13 bits per heavy atom. The largest absolute Gasteiger partial charge is 0.388 e. The lowest BCUT2D eigenvalue weighted by molar-refractivity contribution is -0.175. The standard InChI is InChI=1S/C25H32O5/c1-4-5-22-29-21-13-19-17-7-6-15-12-16(27)8-10-23(15,2)18(17)9-11-24(19,3)25(21,30-22)20(28)14-26/h8-10,12,17,19,21-22,26H,4-7,11,13-14H2,1-3H3/t17-,19+,21-,22-,23+,24+,25-/m1/s1. The first-order chi connectivity index (χ1) is 14.3. The zero-order chi connectivity index (χ0) is 21.3. The summed E-state index contributed by atoms with van der Waals surface area (Å²) in [5.41, 5.74) is 0.902. The maximum atomic E-state index is 13.2. The van der Waals surface area contributed by atoms with Crippen LogP contribution in [0.1, 0.15) is 59.3 Å². The van der Waals surface area contributed by atoms with Gasteiger partial charge in [-0.2, -0.15) is 0 Å². The molecule has 0 aromatic carbocycles. The molecule has 5 aliphatic rings. The molecule has 5 nitrogen and oxygen atoms in total. The molecule has 1 aliphatic heterocycles. The summed E-state index contributed by atoms with van der Waals surface area (Å²) in [6.07, 6.45) is 12.3. The SMILES string of the molecule is CCC[C@@H]1O[C@@H]2C[C@H]3[C@@H]4CCC5=CC(=O)C=C[C@]5(C)C4=CC[C@]3(C)[C@]2(C(=O)CO)O1. The van der Waals surface area contributed by atoms with Crippen molar-refractivity contribution in [2.45, 2.75) is 77.3 Å². The molecule has 4 aliphatic carbocycles. The van der Waals surface area contributed by atoms with Crippen LogP contribution >= 0.6 is 0 Å². The van der Waals surface area contributed by atoms with Crippen LogP contribution in [0.3, 0.4) is 0 Å². The molecule has 7 atom stereocenters. The van der Waals surface area contributed by atoms with Crippen LogP contribution in [0.25, 0.3) is 0 Å². The molecule has 0 aromatic rings. The van der Waals surface area contributed by atoms with Crippen LogP contribution in [0.4, 0.5) is 0 Å². The van der Waals surface area contributed by atoms with Crippen molar-refractivity contribution in [3.05, 3.63) is 35.5 Å². The van der Waals surface area contributed by atoms with Crippen LogP contribution in [0, 0.1) is 22.7 Å². The number of carbonyl (C=O) groups excluding carboxylic acids is 2. The van der Waals surface area contributed by atoms with Crippen LogP contribution in [-0.4, -0.2) is 41.3 Å². The summed E-state index contributed by atoms with van der Waals surface area (Å²) >= 11 is 0. The molecule has 162 valence electrons. The molecule has 30 heavy (non-hydrogen) atoms. The van der Waals surface area contributed by atoms with Crippen molar-refractivity contribution in [2.24, 2.45) is 22.7 Å². The zero-order valence-electron chi connectivity index (χ0n) is 18.1. The Labute approximate surface area is 178 Å². The highest BCUT2D eigenvalue weighted by molar-refractivity contribution is 6.01. The van der Waals surface area contributed by atoms with E-state index in [1.165, 1.54) is 11.1 Å². The highest BCUT2D eigenvalue weighted by atomic mass is 16.7. The Morgan fingerprint density at radius 1 is 1.33 bits per heavy atom. The van der Waals surface area contributed by atoms with Crippen molar-refractivity contribution in [2.75, 3.05) is 6.61 Å². The van der Waals surface area contributed by atoms with Crippen LogP contribution < -0.4 is 0 Å². The highest BCUT2D eigenvalue weighted by Gasteiger charge is 2.73. The second kappa shape index (κ2) is 6.72. The average Bonchev–Trinajstić information content (AvgIpc) is 3.20. The molecule has 5 heteroatoms. The second-order valence-electron chi connectivity index (χ2n) is 10.2. The first-order valence-corrected chi connectivity index (χ1v) is 11.4. The van der Waals surface area contributed by atoms with Gasteiger partial charge in [0.25, 0.3) is 0 Å². The molecule has 0 aromatic heterocycles. The number of ether oxygens (including phenoxy) is 2. The molecule has 3 fully saturated rings. The molecule has 1 heterocycles. The van der Waals surface area contributed by atoms with Gasteiger partial charge >= 0.3 is 0 Å². The molecule has 0 bridgehead atoms. The van der Waals surface area contributed by atoms with Gasteiger partial charge in [-0.25, -0.2) is 0 Å². The number of fused-ring (bicyclic) bond motifs is 7. The van der Waals surface area contributed by atoms with Crippen molar-refractivity contribution in [3.8, 4) is 0 Å². The Hall–Kier alpha value is -1.56. The van der Waals surface area contributed by atoms with Gasteiger partial charge < -0.3 is 14.6 Å². The first kappa shape index (κ1) is 20.3. The highest BCUT2D eigenvalue weighted by Crippen LogP contribution is 2.68. The van der Waals surface area contributed by atoms with Crippen molar-refractivity contribution in [1.82, 2.24) is 0 Å². The van der Waals surface area contributed by atoms with Crippen molar-refractivity contribution < 1.29 is 24.2 Å². The molecule has 2 saturated carbocycles. The van der Waals surface area contributed by atoms with Crippen LogP contribution in [0.5, 0.6) is 0 Å². The Morgan fingerprint density at radius 3 is 2.87 bits per heavy atom. The predicted octanol–water partition coefficient (Wildman–Crippen LogP) is 3.67. The van der Waals surface area contributed by atoms with Crippen LogP contribution in [0.2, 0.25) is 0 Å². The Balaban J connectivity index is 1.57. The van der Waals surface area contributed by atoms with Gasteiger partial charge in [-0.1, -0.05) is 43.6 Å². The lowest BCUT2D eigenvalue weighted by Crippen LogP contribution is -2.59. The molecular formula is C25H32O5. The first-order valence-electron chi connectivity index (χ1n) is 11.4. The predicted molar refractivity (Wildman–Crippen MR) is 111 cm³/mol.